The lowest BCUT2D eigenvalue weighted by Crippen LogP contribution is -2.05. The molecule has 4 nitrogen and oxygen atoms in total. The normalized spacial score (nSPS) is 17.1. The van der Waals surface area contributed by atoms with Crippen LogP contribution >= 0.6 is 0 Å². The highest BCUT2D eigenvalue weighted by Crippen LogP contribution is 2.38. The van der Waals surface area contributed by atoms with E-state index in [4.69, 9.17) is 0 Å². The molecule has 0 atom stereocenters. The summed E-state index contributed by atoms with van der Waals surface area (Å²) >= 11 is 0. The fraction of sp³-hybridized carbons (Fsp3) is 0. The molecular weight excluding hydrogens is 310 g/mol. The van der Waals surface area contributed by atoms with Crippen molar-refractivity contribution >= 4 is 37.5 Å². The monoisotopic (exact) mass is 323 g/mol. The van der Waals surface area contributed by atoms with E-state index < -0.39 is 10.0 Å². The van der Waals surface area contributed by atoms with E-state index in [9.17, 15) is 13.5 Å². The molecule has 4 rings (SSSR count). The van der Waals surface area contributed by atoms with Gasteiger partial charge in [-0.05, 0) is 35.2 Å². The number of phenols is 1. The Kier molecular flexibility index (Phi) is 2.92. The summed E-state index contributed by atoms with van der Waals surface area (Å²) in [4.78, 5) is 0.211. The number of hydrogen-bond donors (Lipinski definition) is 2. The molecule has 0 saturated heterocycles. The summed E-state index contributed by atoms with van der Waals surface area (Å²) in [6.45, 7) is 0. The number of phenolic OH excluding ortho intramolecular Hbond substituents is 1. The van der Waals surface area contributed by atoms with Crippen molar-refractivity contribution in [2.45, 2.75) is 0 Å². The van der Waals surface area contributed by atoms with Gasteiger partial charge in [0.15, 0.2) is 0 Å². The molecule has 0 radical (unpaired) electrons. The molecular formula is C18H13NO3S. The molecule has 0 aromatic heterocycles. The minimum absolute atomic E-state index is 0.131. The Morgan fingerprint density at radius 2 is 1.70 bits per heavy atom. The maximum atomic E-state index is 12.3. The van der Waals surface area contributed by atoms with Crippen LogP contribution in [0.5, 0.6) is 5.75 Å². The summed E-state index contributed by atoms with van der Waals surface area (Å²) in [5.74, 6) is 0.131. The first-order valence-electron chi connectivity index (χ1n) is 7.10. The van der Waals surface area contributed by atoms with Crippen LogP contribution in [0.25, 0.3) is 21.8 Å². The van der Waals surface area contributed by atoms with Crippen molar-refractivity contribution in [1.29, 1.82) is 0 Å². The zero-order valence-corrected chi connectivity index (χ0v) is 12.8. The highest BCUT2D eigenvalue weighted by molar-refractivity contribution is 8.02. The maximum Gasteiger partial charge on any atom is 0.262 e. The first-order chi connectivity index (χ1) is 11.0. The molecule has 3 aromatic carbocycles. The number of para-hydroxylation sites is 1. The predicted octanol–water partition coefficient (Wildman–Crippen LogP) is 3.80. The largest absolute Gasteiger partial charge is 0.507 e. The summed E-state index contributed by atoms with van der Waals surface area (Å²) in [5, 5.41) is 11.8. The molecule has 23 heavy (non-hydrogen) atoms. The molecule has 0 aliphatic carbocycles. The minimum atomic E-state index is -3.58. The Morgan fingerprint density at radius 3 is 2.57 bits per heavy atom. The van der Waals surface area contributed by atoms with Crippen LogP contribution in [-0.2, 0) is 10.0 Å². The van der Waals surface area contributed by atoms with Crippen LogP contribution in [0.3, 0.4) is 0 Å². The number of hydrogen-bond acceptors (Lipinski definition) is 3. The fourth-order valence-corrected chi connectivity index (χ4v) is 4.17. The van der Waals surface area contributed by atoms with E-state index in [2.05, 4.69) is 4.72 Å². The maximum absolute atomic E-state index is 12.3. The second kappa shape index (κ2) is 4.86. The van der Waals surface area contributed by atoms with Gasteiger partial charge in [0.25, 0.3) is 10.0 Å². The number of rotatable bonds is 1. The third-order valence-corrected chi connectivity index (χ3v) is 5.29. The van der Waals surface area contributed by atoms with Crippen LogP contribution in [0.1, 0.15) is 11.1 Å². The molecule has 1 aliphatic heterocycles. The van der Waals surface area contributed by atoms with Crippen molar-refractivity contribution in [2.75, 3.05) is 4.72 Å². The second-order valence-electron chi connectivity index (χ2n) is 5.42. The average Bonchev–Trinajstić information content (AvgIpc) is 2.78. The Morgan fingerprint density at radius 1 is 0.957 bits per heavy atom. The van der Waals surface area contributed by atoms with E-state index in [-0.39, 0.29) is 10.7 Å². The van der Waals surface area contributed by atoms with Crippen LogP contribution in [0.15, 0.2) is 60.7 Å². The molecule has 2 N–H and O–H groups in total. The SMILES string of the molecule is O=S1(=O)Nc2ccccc2C1=Cc1cc(O)c2ccccc2c1. The first-order valence-corrected chi connectivity index (χ1v) is 8.59. The van der Waals surface area contributed by atoms with Crippen molar-refractivity contribution < 1.29 is 13.5 Å². The fourth-order valence-electron chi connectivity index (χ4n) is 2.83. The standard InChI is InChI=1S/C18H13NO3S/c20-17-10-12(9-13-5-1-2-6-14(13)17)11-18-15-7-3-4-8-16(15)19-23(18,21)22/h1-11,19-20H. The van der Waals surface area contributed by atoms with E-state index >= 15 is 0 Å². The zero-order chi connectivity index (χ0) is 16.0. The van der Waals surface area contributed by atoms with Gasteiger partial charge in [0, 0.05) is 10.9 Å². The van der Waals surface area contributed by atoms with Crippen LogP contribution < -0.4 is 4.72 Å². The van der Waals surface area contributed by atoms with Gasteiger partial charge in [-0.2, -0.15) is 0 Å². The van der Waals surface area contributed by atoms with Gasteiger partial charge < -0.3 is 5.11 Å². The van der Waals surface area contributed by atoms with Crippen molar-refractivity contribution in [3.05, 3.63) is 71.8 Å². The predicted molar refractivity (Wildman–Crippen MR) is 92.5 cm³/mol. The van der Waals surface area contributed by atoms with E-state index in [1.54, 1.807) is 36.4 Å². The average molecular weight is 323 g/mol. The van der Waals surface area contributed by atoms with Gasteiger partial charge in [-0.15, -0.1) is 0 Å². The molecule has 114 valence electrons. The quantitative estimate of drug-likeness (QED) is 0.716. The van der Waals surface area contributed by atoms with Crippen molar-refractivity contribution in [3.8, 4) is 5.75 Å². The summed E-state index contributed by atoms with van der Waals surface area (Å²) in [5.41, 5.74) is 1.85. The molecule has 0 spiro atoms. The lowest BCUT2D eigenvalue weighted by atomic mass is 10.0. The van der Waals surface area contributed by atoms with Crippen molar-refractivity contribution in [2.24, 2.45) is 0 Å². The molecule has 1 aliphatic rings. The smallest absolute Gasteiger partial charge is 0.262 e. The van der Waals surface area contributed by atoms with Crippen molar-refractivity contribution in [3.63, 3.8) is 0 Å². The highest BCUT2D eigenvalue weighted by Gasteiger charge is 2.29. The Hall–Kier alpha value is -2.79. The van der Waals surface area contributed by atoms with E-state index in [1.165, 1.54) is 0 Å². The van der Waals surface area contributed by atoms with Gasteiger partial charge in [-0.25, -0.2) is 8.42 Å². The number of aromatic hydroxyl groups is 1. The van der Waals surface area contributed by atoms with Crippen LogP contribution in [0.4, 0.5) is 5.69 Å². The van der Waals surface area contributed by atoms with Crippen molar-refractivity contribution in [1.82, 2.24) is 0 Å². The molecule has 0 saturated carbocycles. The summed E-state index contributed by atoms with van der Waals surface area (Å²) < 4.78 is 27.2. The van der Waals surface area contributed by atoms with Gasteiger partial charge in [-0.3, -0.25) is 4.72 Å². The minimum Gasteiger partial charge on any atom is -0.507 e. The molecule has 1 heterocycles. The lowest BCUT2D eigenvalue weighted by molar-refractivity contribution is 0.481. The van der Waals surface area contributed by atoms with Crippen LogP contribution in [-0.4, -0.2) is 13.5 Å². The highest BCUT2D eigenvalue weighted by atomic mass is 32.2. The molecule has 0 amide bonds. The Balaban J connectivity index is 1.94. The number of fused-ring (bicyclic) bond motifs is 2. The molecule has 5 heteroatoms. The van der Waals surface area contributed by atoms with Gasteiger partial charge >= 0.3 is 0 Å². The second-order valence-corrected chi connectivity index (χ2v) is 7.07. The third kappa shape index (κ3) is 2.26. The Bertz CT molecular complexity index is 1070. The zero-order valence-electron chi connectivity index (χ0n) is 12.0. The van der Waals surface area contributed by atoms with E-state index in [1.807, 2.05) is 30.3 Å². The van der Waals surface area contributed by atoms with Gasteiger partial charge in [-0.1, -0.05) is 42.5 Å². The number of anilines is 1. The first kappa shape index (κ1) is 13.8. The molecule has 0 unspecified atom stereocenters. The number of nitrogens with one attached hydrogen (secondary N) is 1. The van der Waals surface area contributed by atoms with Gasteiger partial charge in [0.05, 0.1) is 10.6 Å². The van der Waals surface area contributed by atoms with Crippen LogP contribution in [0, 0.1) is 0 Å². The van der Waals surface area contributed by atoms with Gasteiger partial charge in [0.1, 0.15) is 5.75 Å². The third-order valence-electron chi connectivity index (χ3n) is 3.89. The Labute approximate surface area is 133 Å². The molecule has 0 fully saturated rings. The summed E-state index contributed by atoms with van der Waals surface area (Å²) in [6, 6.07) is 17.9. The number of benzene rings is 3. The van der Waals surface area contributed by atoms with Gasteiger partial charge in [0.2, 0.25) is 0 Å². The lowest BCUT2D eigenvalue weighted by Gasteiger charge is -2.04. The summed E-state index contributed by atoms with van der Waals surface area (Å²) in [7, 11) is -3.58. The topological polar surface area (TPSA) is 66.4 Å². The molecule has 3 aromatic rings. The van der Waals surface area contributed by atoms with E-state index in [0.717, 1.165) is 10.8 Å². The van der Waals surface area contributed by atoms with Crippen LogP contribution in [0.2, 0.25) is 0 Å². The number of sulfonamides is 1. The summed E-state index contributed by atoms with van der Waals surface area (Å²) in [6.07, 6.45) is 1.58. The van der Waals surface area contributed by atoms with E-state index in [0.29, 0.717) is 16.8 Å². The molecule has 0 bridgehead atoms.